The number of hydrogen-bond acceptors (Lipinski definition) is 2. The molecule has 0 aromatic heterocycles. The molecule has 2 nitrogen and oxygen atoms in total. The summed E-state index contributed by atoms with van der Waals surface area (Å²) in [6.45, 7) is 0. The molecule has 0 bridgehead atoms. The van der Waals surface area contributed by atoms with E-state index in [9.17, 15) is 13.0 Å². The van der Waals surface area contributed by atoms with Crippen LogP contribution >= 0.6 is 0 Å². The van der Waals surface area contributed by atoms with Crippen LogP contribution in [-0.4, -0.2) is 4.21 Å². The van der Waals surface area contributed by atoms with Crippen LogP contribution in [0.3, 0.4) is 0 Å². The molecule has 0 saturated heterocycles. The lowest BCUT2D eigenvalue weighted by Crippen LogP contribution is -2.00. The molecule has 2 aromatic carbocycles. The average Bonchev–Trinajstić information content (AvgIpc) is 2.33. The molecule has 0 aliphatic carbocycles. The van der Waals surface area contributed by atoms with Crippen LogP contribution in [0.4, 0.5) is 14.5 Å². The summed E-state index contributed by atoms with van der Waals surface area (Å²) < 4.78 is 38.2. The van der Waals surface area contributed by atoms with Gasteiger partial charge in [-0.25, -0.2) is 8.78 Å². The smallest absolute Gasteiger partial charge is 0.129 e. The molecule has 0 aliphatic heterocycles. The zero-order chi connectivity index (χ0) is 13.1. The second-order valence-corrected chi connectivity index (χ2v) is 5.25. The van der Waals surface area contributed by atoms with Gasteiger partial charge in [-0.2, -0.15) is 0 Å². The number of benzene rings is 2. The van der Waals surface area contributed by atoms with Crippen molar-refractivity contribution in [1.82, 2.24) is 0 Å². The van der Waals surface area contributed by atoms with Gasteiger partial charge in [0.05, 0.1) is 16.6 Å². The van der Waals surface area contributed by atoms with Crippen LogP contribution in [0.25, 0.3) is 0 Å². The average molecular weight is 267 g/mol. The summed E-state index contributed by atoms with van der Waals surface area (Å²) in [5.41, 5.74) is 6.08. The highest BCUT2D eigenvalue weighted by Gasteiger charge is 2.09. The Kier molecular flexibility index (Phi) is 3.72. The molecule has 0 spiro atoms. The van der Waals surface area contributed by atoms with E-state index in [1.54, 1.807) is 6.07 Å². The fraction of sp³-hybridized carbons (Fsp3) is 0.0769. The van der Waals surface area contributed by atoms with Crippen LogP contribution < -0.4 is 5.73 Å². The lowest BCUT2D eigenvalue weighted by atomic mass is 10.2. The van der Waals surface area contributed by atoms with Crippen molar-refractivity contribution in [3.8, 4) is 0 Å². The topological polar surface area (TPSA) is 43.1 Å². The molecule has 2 N–H and O–H groups in total. The summed E-state index contributed by atoms with van der Waals surface area (Å²) in [5, 5.41) is 0. The van der Waals surface area contributed by atoms with Crippen molar-refractivity contribution in [1.29, 1.82) is 0 Å². The third kappa shape index (κ3) is 2.92. The maximum atomic E-state index is 13.5. The molecular weight excluding hydrogens is 256 g/mol. The zero-order valence-electron chi connectivity index (χ0n) is 9.40. The van der Waals surface area contributed by atoms with Gasteiger partial charge in [-0.05, 0) is 36.4 Å². The predicted molar refractivity (Wildman–Crippen MR) is 67.3 cm³/mol. The molecule has 1 unspecified atom stereocenters. The minimum Gasteiger partial charge on any atom is -0.399 e. The third-order valence-electron chi connectivity index (χ3n) is 2.44. The fourth-order valence-electron chi connectivity index (χ4n) is 1.49. The van der Waals surface area contributed by atoms with Crippen LogP contribution in [0.15, 0.2) is 47.4 Å². The number of rotatable bonds is 3. The van der Waals surface area contributed by atoms with Gasteiger partial charge in [-0.1, -0.05) is 6.07 Å². The van der Waals surface area contributed by atoms with Gasteiger partial charge >= 0.3 is 0 Å². The van der Waals surface area contributed by atoms with E-state index in [1.807, 2.05) is 0 Å². The molecule has 94 valence electrons. The molecule has 2 aromatic rings. The Morgan fingerprint density at radius 2 is 1.72 bits per heavy atom. The van der Waals surface area contributed by atoms with E-state index < -0.39 is 22.4 Å². The first-order chi connectivity index (χ1) is 8.56. The number of hydrogen-bond donors (Lipinski definition) is 1. The van der Waals surface area contributed by atoms with Crippen molar-refractivity contribution in [2.45, 2.75) is 10.6 Å². The Morgan fingerprint density at radius 3 is 2.33 bits per heavy atom. The van der Waals surface area contributed by atoms with E-state index in [1.165, 1.54) is 36.4 Å². The van der Waals surface area contributed by atoms with Crippen molar-refractivity contribution in [3.05, 3.63) is 59.7 Å². The van der Waals surface area contributed by atoms with Crippen LogP contribution in [0.2, 0.25) is 0 Å². The number of nitrogen functional groups attached to an aromatic ring is 1. The quantitative estimate of drug-likeness (QED) is 0.869. The lowest BCUT2D eigenvalue weighted by molar-refractivity contribution is 0.615. The van der Waals surface area contributed by atoms with E-state index in [-0.39, 0.29) is 5.75 Å². The molecule has 2 rings (SSSR count). The van der Waals surface area contributed by atoms with Crippen molar-refractivity contribution >= 4 is 16.5 Å². The Balaban J connectivity index is 2.18. The summed E-state index contributed by atoms with van der Waals surface area (Å²) >= 11 is 0. The Morgan fingerprint density at radius 1 is 1.06 bits per heavy atom. The zero-order valence-corrected chi connectivity index (χ0v) is 10.2. The van der Waals surface area contributed by atoms with Gasteiger partial charge in [0, 0.05) is 16.1 Å². The molecule has 0 radical (unpaired) electrons. The number of halogens is 2. The first-order valence-electron chi connectivity index (χ1n) is 5.24. The van der Waals surface area contributed by atoms with Crippen LogP contribution in [-0.2, 0) is 16.6 Å². The van der Waals surface area contributed by atoms with Crippen LogP contribution in [0, 0.1) is 11.6 Å². The minimum absolute atomic E-state index is 0.0394. The summed E-state index contributed by atoms with van der Waals surface area (Å²) in [4.78, 5) is 0.465. The number of anilines is 1. The van der Waals surface area contributed by atoms with E-state index in [0.717, 1.165) is 0 Å². The Bertz CT molecular complexity index is 584. The highest BCUT2D eigenvalue weighted by Crippen LogP contribution is 2.17. The minimum atomic E-state index is -1.41. The Hall–Kier alpha value is -1.75. The first kappa shape index (κ1) is 12.7. The van der Waals surface area contributed by atoms with Crippen molar-refractivity contribution in [2.75, 3.05) is 5.73 Å². The van der Waals surface area contributed by atoms with Gasteiger partial charge in [0.15, 0.2) is 0 Å². The van der Waals surface area contributed by atoms with E-state index in [4.69, 9.17) is 5.73 Å². The van der Waals surface area contributed by atoms with Gasteiger partial charge in [-0.3, -0.25) is 4.21 Å². The maximum Gasteiger partial charge on any atom is 0.129 e. The summed E-state index contributed by atoms with van der Waals surface area (Å²) in [6, 6.07) is 9.57. The highest BCUT2D eigenvalue weighted by atomic mass is 32.2. The maximum absolute atomic E-state index is 13.5. The van der Waals surface area contributed by atoms with E-state index in [2.05, 4.69) is 0 Å². The standard InChI is InChI=1S/C13H11F2NOS/c14-10-2-5-12(6-3-10)18(17)8-9-1-4-11(16)7-13(9)15/h1-7H,8,16H2. The largest absolute Gasteiger partial charge is 0.399 e. The van der Waals surface area contributed by atoms with Gasteiger partial charge in [-0.15, -0.1) is 0 Å². The second-order valence-electron chi connectivity index (χ2n) is 3.79. The second kappa shape index (κ2) is 5.27. The van der Waals surface area contributed by atoms with Crippen LogP contribution in [0.5, 0.6) is 0 Å². The molecular formula is C13H11F2NOS. The van der Waals surface area contributed by atoms with Gasteiger partial charge in [0.2, 0.25) is 0 Å². The molecule has 5 heteroatoms. The van der Waals surface area contributed by atoms with E-state index >= 15 is 0 Å². The first-order valence-corrected chi connectivity index (χ1v) is 6.56. The molecule has 18 heavy (non-hydrogen) atoms. The van der Waals surface area contributed by atoms with Crippen molar-refractivity contribution < 1.29 is 13.0 Å². The van der Waals surface area contributed by atoms with Gasteiger partial charge in [0.1, 0.15) is 11.6 Å². The fourth-order valence-corrected chi connectivity index (χ4v) is 2.61. The third-order valence-corrected chi connectivity index (χ3v) is 3.81. The normalized spacial score (nSPS) is 12.3. The molecule has 0 fully saturated rings. The number of nitrogens with two attached hydrogens (primary N) is 1. The Labute approximate surface area is 106 Å². The predicted octanol–water partition coefficient (Wildman–Crippen LogP) is 2.85. The van der Waals surface area contributed by atoms with Gasteiger partial charge in [0.25, 0.3) is 0 Å². The molecule has 0 aliphatic rings. The van der Waals surface area contributed by atoms with Crippen LogP contribution in [0.1, 0.15) is 5.56 Å². The SMILES string of the molecule is Nc1ccc(CS(=O)c2ccc(F)cc2)c(F)c1. The van der Waals surface area contributed by atoms with E-state index in [0.29, 0.717) is 16.1 Å². The summed E-state index contributed by atoms with van der Waals surface area (Å²) in [6.07, 6.45) is 0. The van der Waals surface area contributed by atoms with Gasteiger partial charge < -0.3 is 5.73 Å². The molecule has 1 atom stereocenters. The highest BCUT2D eigenvalue weighted by molar-refractivity contribution is 7.84. The lowest BCUT2D eigenvalue weighted by Gasteiger charge is -2.05. The summed E-state index contributed by atoms with van der Waals surface area (Å²) in [7, 11) is -1.41. The van der Waals surface area contributed by atoms with Crippen molar-refractivity contribution in [3.63, 3.8) is 0 Å². The molecule has 0 heterocycles. The molecule has 0 amide bonds. The monoisotopic (exact) mass is 267 g/mol. The molecule has 0 saturated carbocycles. The van der Waals surface area contributed by atoms with Crippen molar-refractivity contribution in [2.24, 2.45) is 0 Å². The summed E-state index contributed by atoms with van der Waals surface area (Å²) in [5.74, 6) is -0.836.